The maximum absolute atomic E-state index is 12.5. The summed E-state index contributed by atoms with van der Waals surface area (Å²) in [6.45, 7) is 0.980. The molecule has 0 spiro atoms. The number of nitrogens with zero attached hydrogens (tertiary/aromatic N) is 1. The first-order chi connectivity index (χ1) is 13.4. The number of hydrogen-bond acceptors (Lipinski definition) is 5. The van der Waals surface area contributed by atoms with Crippen molar-refractivity contribution in [3.8, 4) is 5.75 Å². The fourth-order valence-corrected chi connectivity index (χ4v) is 2.78. The van der Waals surface area contributed by atoms with E-state index in [-0.39, 0.29) is 23.2 Å². The summed E-state index contributed by atoms with van der Waals surface area (Å²) in [5, 5.41) is 8.13. The highest BCUT2D eigenvalue weighted by molar-refractivity contribution is 5.94. The summed E-state index contributed by atoms with van der Waals surface area (Å²) in [7, 11) is 1.46. The molecule has 2 amide bonds. The zero-order valence-corrected chi connectivity index (χ0v) is 15.2. The monoisotopic (exact) mass is 382 g/mol. The van der Waals surface area contributed by atoms with Crippen molar-refractivity contribution in [1.29, 1.82) is 0 Å². The van der Waals surface area contributed by atoms with E-state index in [0.29, 0.717) is 17.1 Å². The molecule has 2 aromatic carbocycles. The average Bonchev–Trinajstić information content (AvgIpc) is 2.65. The van der Waals surface area contributed by atoms with Crippen molar-refractivity contribution in [3.05, 3.63) is 63.2 Å². The minimum Gasteiger partial charge on any atom is -0.495 e. The third kappa shape index (κ3) is 3.93. The highest BCUT2D eigenvalue weighted by atomic mass is 16.5. The number of rotatable bonds is 5. The van der Waals surface area contributed by atoms with Crippen LogP contribution in [0.5, 0.6) is 5.75 Å². The Kier molecular flexibility index (Phi) is 5.25. The number of anilines is 2. The lowest BCUT2D eigenvalue weighted by Gasteiger charge is -2.12. The highest BCUT2D eigenvalue weighted by Gasteiger charge is 2.12. The van der Waals surface area contributed by atoms with Crippen LogP contribution in [-0.2, 0) is 16.1 Å². The third-order valence-electron chi connectivity index (χ3n) is 3.98. The zero-order valence-electron chi connectivity index (χ0n) is 15.2. The number of hydrogen-bond donors (Lipinski definition) is 3. The minimum atomic E-state index is -0.521. The topological polar surface area (TPSA) is 122 Å². The fraction of sp³-hybridized carbons (Fsp3) is 0.158. The molecule has 0 bridgehead atoms. The molecule has 3 N–H and O–H groups in total. The summed E-state index contributed by atoms with van der Waals surface area (Å²) in [5.41, 5.74) is -0.144. The minimum absolute atomic E-state index is 0.233. The van der Waals surface area contributed by atoms with Crippen LogP contribution < -0.4 is 26.5 Å². The van der Waals surface area contributed by atoms with E-state index in [2.05, 4.69) is 15.7 Å². The number of benzene rings is 2. The summed E-state index contributed by atoms with van der Waals surface area (Å²) in [4.78, 5) is 48.2. The molecular formula is C19H18N4O5. The van der Waals surface area contributed by atoms with Crippen LogP contribution in [0.15, 0.2) is 52.1 Å². The Morgan fingerprint density at radius 2 is 1.79 bits per heavy atom. The van der Waals surface area contributed by atoms with Gasteiger partial charge in [0.2, 0.25) is 11.8 Å². The number of fused-ring (bicyclic) bond motifs is 1. The Bertz CT molecular complexity index is 1180. The number of ether oxygens (including phenoxy) is 1. The second kappa shape index (κ2) is 7.78. The summed E-state index contributed by atoms with van der Waals surface area (Å²) >= 11 is 0. The number of aromatic nitrogens is 2. The lowest BCUT2D eigenvalue weighted by molar-refractivity contribution is -0.117. The van der Waals surface area contributed by atoms with Crippen molar-refractivity contribution in [2.45, 2.75) is 13.5 Å². The second-order valence-electron chi connectivity index (χ2n) is 6.02. The van der Waals surface area contributed by atoms with Crippen LogP contribution in [0.4, 0.5) is 11.4 Å². The normalized spacial score (nSPS) is 10.5. The van der Waals surface area contributed by atoms with Crippen molar-refractivity contribution in [2.24, 2.45) is 0 Å². The first kappa shape index (κ1) is 18.9. The number of carbonyl (C=O) groups excluding carboxylic acids is 2. The zero-order chi connectivity index (χ0) is 20.3. The van der Waals surface area contributed by atoms with Gasteiger partial charge in [-0.05, 0) is 30.3 Å². The largest absolute Gasteiger partial charge is 0.495 e. The van der Waals surface area contributed by atoms with E-state index < -0.39 is 17.0 Å². The molecule has 0 saturated heterocycles. The van der Waals surface area contributed by atoms with Crippen LogP contribution in [0, 0.1) is 0 Å². The van der Waals surface area contributed by atoms with Crippen LogP contribution in [0.1, 0.15) is 6.92 Å². The van der Waals surface area contributed by atoms with Crippen LogP contribution in [0.3, 0.4) is 0 Å². The SMILES string of the molecule is COc1ccc(NC(=O)Cn2[nH]c(=O)c3ccccc3c2=O)cc1NC(C)=O. The van der Waals surface area contributed by atoms with Gasteiger partial charge in [-0.15, -0.1) is 0 Å². The summed E-state index contributed by atoms with van der Waals surface area (Å²) in [5.74, 6) is -0.377. The molecule has 0 aliphatic rings. The van der Waals surface area contributed by atoms with Crippen LogP contribution in [-0.4, -0.2) is 28.7 Å². The van der Waals surface area contributed by atoms with E-state index in [1.807, 2.05) is 0 Å². The number of H-pyrrole nitrogens is 1. The Morgan fingerprint density at radius 1 is 1.07 bits per heavy atom. The van der Waals surface area contributed by atoms with Gasteiger partial charge in [0.1, 0.15) is 12.3 Å². The number of aromatic amines is 1. The third-order valence-corrected chi connectivity index (χ3v) is 3.98. The lowest BCUT2D eigenvalue weighted by Crippen LogP contribution is -2.34. The molecule has 0 fully saturated rings. The molecule has 1 aromatic heterocycles. The highest BCUT2D eigenvalue weighted by Crippen LogP contribution is 2.27. The fourth-order valence-electron chi connectivity index (χ4n) is 2.78. The predicted molar refractivity (Wildman–Crippen MR) is 105 cm³/mol. The van der Waals surface area contributed by atoms with Gasteiger partial charge >= 0.3 is 0 Å². The second-order valence-corrected chi connectivity index (χ2v) is 6.02. The number of methoxy groups -OCH3 is 1. The molecule has 1 heterocycles. The van der Waals surface area contributed by atoms with Gasteiger partial charge in [0.05, 0.1) is 23.6 Å². The van der Waals surface area contributed by atoms with Gasteiger partial charge in [-0.25, -0.2) is 4.68 Å². The molecule has 28 heavy (non-hydrogen) atoms. The average molecular weight is 382 g/mol. The number of carbonyl (C=O) groups is 2. The first-order valence-corrected chi connectivity index (χ1v) is 8.36. The van der Waals surface area contributed by atoms with E-state index in [1.54, 1.807) is 30.3 Å². The van der Waals surface area contributed by atoms with Crippen molar-refractivity contribution < 1.29 is 14.3 Å². The van der Waals surface area contributed by atoms with E-state index in [9.17, 15) is 19.2 Å². The van der Waals surface area contributed by atoms with E-state index >= 15 is 0 Å². The van der Waals surface area contributed by atoms with Crippen molar-refractivity contribution >= 4 is 34.0 Å². The smallest absolute Gasteiger partial charge is 0.273 e. The van der Waals surface area contributed by atoms with Gasteiger partial charge in [-0.3, -0.25) is 24.3 Å². The van der Waals surface area contributed by atoms with Gasteiger partial charge in [-0.1, -0.05) is 12.1 Å². The maximum atomic E-state index is 12.5. The predicted octanol–water partition coefficient (Wildman–Crippen LogP) is 1.30. The number of amides is 2. The molecule has 144 valence electrons. The van der Waals surface area contributed by atoms with E-state index in [1.165, 1.54) is 26.2 Å². The Labute approximate surface area is 158 Å². The molecular weight excluding hydrogens is 364 g/mol. The Morgan fingerprint density at radius 3 is 2.46 bits per heavy atom. The van der Waals surface area contributed by atoms with Crippen molar-refractivity contribution in [2.75, 3.05) is 17.7 Å². The Hall–Kier alpha value is -3.88. The first-order valence-electron chi connectivity index (χ1n) is 8.36. The molecule has 0 aliphatic carbocycles. The van der Waals surface area contributed by atoms with E-state index in [4.69, 9.17) is 4.74 Å². The summed E-state index contributed by atoms with van der Waals surface area (Å²) in [6.07, 6.45) is 0. The molecule has 9 nitrogen and oxygen atoms in total. The molecule has 0 unspecified atom stereocenters. The Balaban J connectivity index is 1.84. The quantitative estimate of drug-likeness (QED) is 0.614. The van der Waals surface area contributed by atoms with Crippen molar-refractivity contribution in [1.82, 2.24) is 9.78 Å². The summed E-state index contributed by atoms with van der Waals surface area (Å²) in [6, 6.07) is 11.1. The standard InChI is InChI=1S/C19H18N4O5/c1-11(24)20-15-9-12(7-8-16(15)28-2)21-17(25)10-23-19(27)14-6-4-3-5-13(14)18(26)22-23/h3-9H,10H2,1-2H3,(H,20,24)(H,21,25)(H,22,26). The maximum Gasteiger partial charge on any atom is 0.273 e. The van der Waals surface area contributed by atoms with Gasteiger partial charge in [0.25, 0.3) is 11.1 Å². The van der Waals surface area contributed by atoms with Crippen molar-refractivity contribution in [3.63, 3.8) is 0 Å². The van der Waals surface area contributed by atoms with Crippen LogP contribution in [0.25, 0.3) is 10.8 Å². The molecule has 3 aromatic rings. The van der Waals surface area contributed by atoms with Gasteiger partial charge in [0, 0.05) is 12.6 Å². The molecule has 0 radical (unpaired) electrons. The van der Waals surface area contributed by atoms with Gasteiger partial charge < -0.3 is 15.4 Å². The van der Waals surface area contributed by atoms with Crippen LogP contribution in [0.2, 0.25) is 0 Å². The number of nitrogens with one attached hydrogen (secondary N) is 3. The molecule has 3 rings (SSSR count). The van der Waals surface area contributed by atoms with Crippen LogP contribution >= 0.6 is 0 Å². The van der Waals surface area contributed by atoms with Gasteiger partial charge in [0.15, 0.2) is 0 Å². The molecule has 0 saturated carbocycles. The molecule has 0 atom stereocenters. The lowest BCUT2D eigenvalue weighted by atomic mass is 10.2. The molecule has 9 heteroatoms. The summed E-state index contributed by atoms with van der Waals surface area (Å²) < 4.78 is 6.12. The van der Waals surface area contributed by atoms with E-state index in [0.717, 1.165) is 4.68 Å². The van der Waals surface area contributed by atoms with Gasteiger partial charge in [-0.2, -0.15) is 0 Å². The molecule has 0 aliphatic heterocycles.